The first-order valence-corrected chi connectivity index (χ1v) is 25.9. The number of aliphatic hydroxyl groups excluding tert-OH is 5. The number of allylic oxidation sites excluding steroid dienone is 8. The third kappa shape index (κ3) is 30.6. The van der Waals surface area contributed by atoms with Crippen molar-refractivity contribution < 1.29 is 67.9 Å². The Balaban J connectivity index is 2.49. The third-order valence-electron chi connectivity index (χ3n) is 11.1. The molecule has 8 atom stereocenters. The van der Waals surface area contributed by atoms with Crippen molar-refractivity contribution in [2.45, 2.75) is 230 Å². The Hall–Kier alpha value is -2.52. The molecular formula is C49H85O14P. The molecule has 0 bridgehead atoms. The fraction of sp³-hybridized carbons (Fsp3) is 0.776. The van der Waals surface area contributed by atoms with Gasteiger partial charge in [0, 0.05) is 19.3 Å². The average molecular weight is 929 g/mol. The Morgan fingerprint density at radius 3 is 1.55 bits per heavy atom. The molecule has 0 saturated heterocycles. The van der Waals surface area contributed by atoms with Gasteiger partial charge in [0.15, 0.2) is 11.9 Å². The number of rotatable bonds is 40. The van der Waals surface area contributed by atoms with Crippen LogP contribution < -0.4 is 0 Å². The van der Waals surface area contributed by atoms with Gasteiger partial charge in [0.1, 0.15) is 43.2 Å². The molecule has 1 aliphatic rings. The molecule has 0 heterocycles. The summed E-state index contributed by atoms with van der Waals surface area (Å²) in [4.78, 5) is 47.5. The molecule has 0 aromatic carbocycles. The first kappa shape index (κ1) is 59.5. The Bertz CT molecular complexity index is 1370. The maximum atomic E-state index is 12.8. The number of phosphoric ester groups is 1. The van der Waals surface area contributed by atoms with E-state index in [9.17, 15) is 49.4 Å². The van der Waals surface area contributed by atoms with Crippen LogP contribution >= 0.6 is 7.82 Å². The molecule has 0 amide bonds. The van der Waals surface area contributed by atoms with Crippen LogP contribution in [0.25, 0.3) is 0 Å². The van der Waals surface area contributed by atoms with Crippen molar-refractivity contribution in [1.29, 1.82) is 0 Å². The van der Waals surface area contributed by atoms with Crippen LogP contribution in [-0.4, -0.2) is 104 Å². The summed E-state index contributed by atoms with van der Waals surface area (Å²) < 4.78 is 33.5. The lowest BCUT2D eigenvalue weighted by Gasteiger charge is -2.41. The van der Waals surface area contributed by atoms with Gasteiger partial charge in [0.05, 0.1) is 6.61 Å². The van der Waals surface area contributed by atoms with Gasteiger partial charge in [-0.2, -0.15) is 0 Å². The number of phosphoric acid groups is 1. The second-order valence-corrected chi connectivity index (χ2v) is 18.4. The number of carbonyl (C=O) groups excluding carboxylic acids is 3. The largest absolute Gasteiger partial charge is 0.472 e. The van der Waals surface area contributed by atoms with E-state index in [1.54, 1.807) is 12.2 Å². The normalized spacial score (nSPS) is 21.9. The highest BCUT2D eigenvalue weighted by molar-refractivity contribution is 7.47. The van der Waals surface area contributed by atoms with E-state index in [4.69, 9.17) is 18.5 Å². The average Bonchev–Trinajstić information content (AvgIpc) is 3.27. The van der Waals surface area contributed by atoms with Gasteiger partial charge >= 0.3 is 19.8 Å². The van der Waals surface area contributed by atoms with Crippen LogP contribution in [0.2, 0.25) is 0 Å². The third-order valence-corrected chi connectivity index (χ3v) is 12.1. The van der Waals surface area contributed by atoms with Crippen LogP contribution in [0.15, 0.2) is 48.6 Å². The van der Waals surface area contributed by atoms with Gasteiger partial charge in [-0.15, -0.1) is 0 Å². The number of hydrogen-bond acceptors (Lipinski definition) is 13. The van der Waals surface area contributed by atoms with Crippen molar-refractivity contribution in [2.75, 3.05) is 13.2 Å². The Labute approximate surface area is 384 Å². The summed E-state index contributed by atoms with van der Waals surface area (Å²) in [6, 6.07) is 0. The van der Waals surface area contributed by atoms with E-state index in [0.29, 0.717) is 32.1 Å². The maximum Gasteiger partial charge on any atom is 0.472 e. The fourth-order valence-electron chi connectivity index (χ4n) is 7.18. The van der Waals surface area contributed by atoms with Gasteiger partial charge in [0.25, 0.3) is 0 Å². The lowest BCUT2D eigenvalue weighted by Crippen LogP contribution is -2.64. The van der Waals surface area contributed by atoms with Gasteiger partial charge in [-0.1, -0.05) is 172 Å². The topological polar surface area (TPSA) is 227 Å². The van der Waals surface area contributed by atoms with Crippen LogP contribution in [0.4, 0.5) is 0 Å². The van der Waals surface area contributed by atoms with E-state index in [-0.39, 0.29) is 18.6 Å². The van der Waals surface area contributed by atoms with Gasteiger partial charge in [-0.25, -0.2) is 4.57 Å². The molecule has 1 aliphatic carbocycles. The molecule has 0 spiro atoms. The van der Waals surface area contributed by atoms with Crippen molar-refractivity contribution in [3.05, 3.63) is 48.6 Å². The van der Waals surface area contributed by atoms with Gasteiger partial charge in [0.2, 0.25) is 0 Å². The summed E-state index contributed by atoms with van der Waals surface area (Å²) in [5, 5.41) is 50.2. The molecule has 370 valence electrons. The highest BCUT2D eigenvalue weighted by atomic mass is 31.2. The number of ether oxygens (including phenoxy) is 2. The van der Waals surface area contributed by atoms with E-state index in [1.807, 2.05) is 36.5 Å². The predicted molar refractivity (Wildman–Crippen MR) is 249 cm³/mol. The van der Waals surface area contributed by atoms with Crippen molar-refractivity contribution >= 4 is 25.5 Å². The highest BCUT2D eigenvalue weighted by Crippen LogP contribution is 2.47. The van der Waals surface area contributed by atoms with E-state index in [0.717, 1.165) is 44.9 Å². The molecule has 64 heavy (non-hydrogen) atoms. The zero-order valence-corrected chi connectivity index (χ0v) is 40.0. The van der Waals surface area contributed by atoms with Crippen LogP contribution in [-0.2, 0) is 37.5 Å². The zero-order chi connectivity index (χ0) is 47.3. The SMILES string of the molecule is CCCCCCCCCCCCCCCCCCCC(=O)OC[C@H](COP(=O)(O)OC1[C@H](O)[C@H](O)C(O)[C@H](O)[C@H]1O)OC(=O)CCC/C=C\C/C=C\C/C=C\C=C\C(=O)CCCCC. The van der Waals surface area contributed by atoms with Crippen molar-refractivity contribution in [3.8, 4) is 0 Å². The zero-order valence-electron chi connectivity index (χ0n) is 39.1. The quantitative estimate of drug-likeness (QED) is 0.00842. The second kappa shape index (κ2) is 38.6. The molecule has 14 nitrogen and oxygen atoms in total. The molecule has 0 aromatic heterocycles. The maximum absolute atomic E-state index is 12.8. The number of carbonyl (C=O) groups is 3. The monoisotopic (exact) mass is 929 g/mol. The summed E-state index contributed by atoms with van der Waals surface area (Å²) in [6.07, 6.45) is 28.6. The molecule has 1 fully saturated rings. The lowest BCUT2D eigenvalue weighted by atomic mass is 9.85. The Morgan fingerprint density at radius 2 is 0.984 bits per heavy atom. The predicted octanol–water partition coefficient (Wildman–Crippen LogP) is 9.13. The first-order valence-electron chi connectivity index (χ1n) is 24.4. The summed E-state index contributed by atoms with van der Waals surface area (Å²) in [5.74, 6) is -1.06. The summed E-state index contributed by atoms with van der Waals surface area (Å²) in [7, 11) is -5.15. The molecule has 1 saturated carbocycles. The first-order chi connectivity index (χ1) is 30.8. The number of ketones is 1. The van der Waals surface area contributed by atoms with E-state index >= 15 is 0 Å². The smallest absolute Gasteiger partial charge is 0.462 e. The van der Waals surface area contributed by atoms with Crippen molar-refractivity contribution in [3.63, 3.8) is 0 Å². The van der Waals surface area contributed by atoms with Crippen LogP contribution in [0, 0.1) is 0 Å². The molecule has 0 radical (unpaired) electrons. The Morgan fingerprint density at radius 1 is 0.531 bits per heavy atom. The van der Waals surface area contributed by atoms with Crippen LogP contribution in [0.3, 0.4) is 0 Å². The van der Waals surface area contributed by atoms with Crippen LogP contribution in [0.1, 0.15) is 187 Å². The summed E-state index contributed by atoms with van der Waals surface area (Å²) >= 11 is 0. The molecule has 6 N–H and O–H groups in total. The lowest BCUT2D eigenvalue weighted by molar-refractivity contribution is -0.220. The minimum atomic E-state index is -5.15. The molecule has 0 aliphatic heterocycles. The van der Waals surface area contributed by atoms with E-state index in [1.165, 1.54) is 83.5 Å². The molecule has 1 rings (SSSR count). The summed E-state index contributed by atoms with van der Waals surface area (Å²) in [6.45, 7) is 3.11. The number of unbranched alkanes of at least 4 members (excludes halogenated alkanes) is 19. The molecule has 3 unspecified atom stereocenters. The molecule has 0 aromatic rings. The number of aliphatic hydroxyl groups is 5. The number of esters is 2. The van der Waals surface area contributed by atoms with Gasteiger partial charge in [-0.3, -0.25) is 23.4 Å². The minimum absolute atomic E-state index is 0.00481. The highest BCUT2D eigenvalue weighted by Gasteiger charge is 2.51. The molecular weight excluding hydrogens is 843 g/mol. The van der Waals surface area contributed by atoms with E-state index < -0.39 is 75.7 Å². The van der Waals surface area contributed by atoms with Gasteiger partial charge < -0.3 is 39.9 Å². The van der Waals surface area contributed by atoms with Crippen molar-refractivity contribution in [1.82, 2.24) is 0 Å². The molecule has 15 heteroatoms. The van der Waals surface area contributed by atoms with Crippen molar-refractivity contribution in [2.24, 2.45) is 0 Å². The van der Waals surface area contributed by atoms with E-state index in [2.05, 4.69) is 13.8 Å². The minimum Gasteiger partial charge on any atom is -0.462 e. The Kier molecular flexibility index (Phi) is 35.9. The second-order valence-electron chi connectivity index (χ2n) is 17.0. The number of hydrogen-bond donors (Lipinski definition) is 6. The fourth-order valence-corrected chi connectivity index (χ4v) is 8.15. The standard InChI is InChI=1S/C49H85O14P/c1-3-5-7-8-9-10-11-12-13-14-15-16-19-22-25-28-32-36-42(51)60-38-41(39-61-64(58,59)63-49-47(56)45(54)44(53)46(55)48(49)57)62-43(52)37-33-29-26-23-20-17-18-21-24-27-31-35-40(50)34-30-6-4-2/h17-18,23-24,26-27,31,35,41,44-49,53-57H,3-16,19-22,25,28-30,32-34,36-39H2,1-2H3,(H,58,59)/b18-17-,26-23-,27-24-,35-31+/t41-,44?,45-,46+,47-,48-,49?/m1/s1. The van der Waals surface area contributed by atoms with Gasteiger partial charge in [-0.05, 0) is 44.6 Å². The summed E-state index contributed by atoms with van der Waals surface area (Å²) in [5.41, 5.74) is 0. The van der Waals surface area contributed by atoms with Crippen LogP contribution in [0.5, 0.6) is 0 Å².